The Bertz CT molecular complexity index is 539. The average Bonchev–Trinajstić information content (AvgIpc) is 2.87. The number of aromatic nitrogens is 1. The molecule has 0 aliphatic carbocycles. The van der Waals surface area contributed by atoms with E-state index in [1.54, 1.807) is 7.11 Å². The second kappa shape index (κ2) is 6.45. The fourth-order valence-corrected chi connectivity index (χ4v) is 2.75. The Balaban J connectivity index is 2.14. The highest BCUT2D eigenvalue weighted by atomic mass is 32.1. The lowest BCUT2D eigenvalue weighted by atomic mass is 10.1. The van der Waals surface area contributed by atoms with Crippen LogP contribution in [0.3, 0.4) is 0 Å². The van der Waals surface area contributed by atoms with Crippen molar-refractivity contribution in [1.29, 1.82) is 0 Å². The standard InChI is InChI=1S/C14H15NO3S/c1-18-13(10-5-3-2-4-6-10)14-15-11(9-19-14)7-8-12(16)17/h2-6,9,13H,7-8H2,1H3,(H,16,17). The molecular formula is C14H15NO3S. The van der Waals surface area contributed by atoms with Gasteiger partial charge in [-0.2, -0.15) is 0 Å². The molecule has 5 heteroatoms. The monoisotopic (exact) mass is 277 g/mol. The van der Waals surface area contributed by atoms with Crippen LogP contribution in [0.5, 0.6) is 0 Å². The van der Waals surface area contributed by atoms with Crippen LogP contribution in [0.15, 0.2) is 35.7 Å². The van der Waals surface area contributed by atoms with Gasteiger partial charge in [0.15, 0.2) is 0 Å². The van der Waals surface area contributed by atoms with Gasteiger partial charge >= 0.3 is 5.97 Å². The van der Waals surface area contributed by atoms with Crippen molar-refractivity contribution in [2.24, 2.45) is 0 Å². The van der Waals surface area contributed by atoms with Crippen molar-refractivity contribution in [2.45, 2.75) is 18.9 Å². The van der Waals surface area contributed by atoms with Gasteiger partial charge in [0.25, 0.3) is 0 Å². The molecule has 0 fully saturated rings. The minimum atomic E-state index is -0.805. The van der Waals surface area contributed by atoms with Crippen molar-refractivity contribution in [1.82, 2.24) is 4.98 Å². The Kier molecular flexibility index (Phi) is 4.65. The van der Waals surface area contributed by atoms with Crippen LogP contribution < -0.4 is 0 Å². The molecule has 0 bridgehead atoms. The zero-order valence-corrected chi connectivity index (χ0v) is 11.4. The molecule has 0 amide bonds. The number of benzene rings is 1. The van der Waals surface area contributed by atoms with Crippen molar-refractivity contribution in [3.8, 4) is 0 Å². The van der Waals surface area contributed by atoms with Crippen molar-refractivity contribution in [3.05, 3.63) is 52.0 Å². The molecule has 0 radical (unpaired) electrons. The van der Waals surface area contributed by atoms with Crippen LogP contribution in [-0.4, -0.2) is 23.2 Å². The van der Waals surface area contributed by atoms with Crippen LogP contribution in [0.25, 0.3) is 0 Å². The van der Waals surface area contributed by atoms with Crippen molar-refractivity contribution in [3.63, 3.8) is 0 Å². The summed E-state index contributed by atoms with van der Waals surface area (Å²) in [5, 5.41) is 11.4. The van der Waals surface area contributed by atoms with Crippen molar-refractivity contribution >= 4 is 17.3 Å². The number of aliphatic carboxylic acids is 1. The molecular weight excluding hydrogens is 262 g/mol. The maximum Gasteiger partial charge on any atom is 0.303 e. The number of methoxy groups -OCH3 is 1. The fourth-order valence-electron chi connectivity index (χ4n) is 1.80. The smallest absolute Gasteiger partial charge is 0.303 e. The van der Waals surface area contributed by atoms with Gasteiger partial charge in [-0.25, -0.2) is 4.98 Å². The first-order valence-electron chi connectivity index (χ1n) is 5.94. The van der Waals surface area contributed by atoms with Crippen LogP contribution in [0.2, 0.25) is 0 Å². The molecule has 1 aromatic heterocycles. The lowest BCUT2D eigenvalue weighted by Gasteiger charge is -2.12. The van der Waals surface area contributed by atoms with Gasteiger partial charge in [0.05, 0.1) is 12.1 Å². The highest BCUT2D eigenvalue weighted by Gasteiger charge is 2.17. The molecule has 0 aliphatic heterocycles. The summed E-state index contributed by atoms with van der Waals surface area (Å²) in [7, 11) is 1.65. The largest absolute Gasteiger partial charge is 0.481 e. The van der Waals surface area contributed by atoms with E-state index in [0.717, 1.165) is 16.3 Å². The molecule has 2 aromatic rings. The summed E-state index contributed by atoms with van der Waals surface area (Å²) >= 11 is 1.50. The lowest BCUT2D eigenvalue weighted by molar-refractivity contribution is -0.136. The van der Waals surface area contributed by atoms with E-state index in [-0.39, 0.29) is 12.5 Å². The summed E-state index contributed by atoms with van der Waals surface area (Å²) in [6, 6.07) is 9.86. The van der Waals surface area contributed by atoms with Gasteiger partial charge < -0.3 is 9.84 Å². The minimum Gasteiger partial charge on any atom is -0.481 e. The summed E-state index contributed by atoms with van der Waals surface area (Å²) in [5.41, 5.74) is 1.85. The number of ether oxygens (including phenoxy) is 1. The molecule has 1 heterocycles. The molecule has 0 spiro atoms. The predicted octanol–water partition coefficient (Wildman–Crippen LogP) is 2.90. The number of hydrogen-bond acceptors (Lipinski definition) is 4. The molecule has 1 aromatic carbocycles. The first-order valence-corrected chi connectivity index (χ1v) is 6.82. The molecule has 19 heavy (non-hydrogen) atoms. The molecule has 1 unspecified atom stereocenters. The van der Waals surface area contributed by atoms with Crippen LogP contribution in [-0.2, 0) is 16.0 Å². The van der Waals surface area contributed by atoms with E-state index in [1.165, 1.54) is 11.3 Å². The molecule has 0 saturated carbocycles. The maximum atomic E-state index is 10.5. The van der Waals surface area contributed by atoms with E-state index < -0.39 is 5.97 Å². The van der Waals surface area contributed by atoms with Gasteiger partial charge in [0, 0.05) is 18.9 Å². The Labute approximate surface area is 115 Å². The first-order chi connectivity index (χ1) is 9.20. The SMILES string of the molecule is COC(c1ccccc1)c1nc(CCC(=O)O)cs1. The van der Waals surface area contributed by atoms with E-state index in [0.29, 0.717) is 6.42 Å². The Hall–Kier alpha value is -1.72. The summed E-state index contributed by atoms with van der Waals surface area (Å²) in [6.45, 7) is 0. The molecule has 0 aliphatic rings. The fraction of sp³-hybridized carbons (Fsp3) is 0.286. The average molecular weight is 277 g/mol. The number of carbonyl (C=O) groups is 1. The zero-order chi connectivity index (χ0) is 13.7. The highest BCUT2D eigenvalue weighted by Crippen LogP contribution is 2.28. The summed E-state index contributed by atoms with van der Waals surface area (Å²) in [6.07, 6.45) is 0.369. The Morgan fingerprint density at radius 3 is 2.79 bits per heavy atom. The number of carboxylic acids is 1. The summed E-state index contributed by atoms with van der Waals surface area (Å²) < 4.78 is 5.49. The third-order valence-electron chi connectivity index (χ3n) is 2.73. The number of nitrogens with zero attached hydrogens (tertiary/aromatic N) is 1. The van der Waals surface area contributed by atoms with Crippen LogP contribution in [0.4, 0.5) is 0 Å². The number of rotatable bonds is 6. The van der Waals surface area contributed by atoms with Crippen LogP contribution in [0, 0.1) is 0 Å². The van der Waals surface area contributed by atoms with Gasteiger partial charge in [-0.05, 0) is 5.56 Å². The zero-order valence-electron chi connectivity index (χ0n) is 10.6. The third-order valence-corrected chi connectivity index (χ3v) is 3.66. The summed E-state index contributed by atoms with van der Waals surface area (Å²) in [4.78, 5) is 15.0. The molecule has 2 rings (SSSR count). The van der Waals surface area contributed by atoms with E-state index in [9.17, 15) is 4.79 Å². The number of aryl methyl sites for hydroxylation is 1. The highest BCUT2D eigenvalue weighted by molar-refractivity contribution is 7.09. The van der Waals surface area contributed by atoms with Gasteiger partial charge in [-0.1, -0.05) is 30.3 Å². The van der Waals surface area contributed by atoms with Gasteiger partial charge in [-0.15, -0.1) is 11.3 Å². The van der Waals surface area contributed by atoms with E-state index in [2.05, 4.69) is 4.98 Å². The Morgan fingerprint density at radius 1 is 1.42 bits per heavy atom. The maximum absolute atomic E-state index is 10.5. The van der Waals surface area contributed by atoms with E-state index in [1.807, 2.05) is 35.7 Å². The molecule has 4 nitrogen and oxygen atoms in total. The molecule has 1 N–H and O–H groups in total. The number of hydrogen-bond donors (Lipinski definition) is 1. The predicted molar refractivity (Wildman–Crippen MR) is 73.4 cm³/mol. The Morgan fingerprint density at radius 2 is 2.16 bits per heavy atom. The van der Waals surface area contributed by atoms with Gasteiger partial charge in [-0.3, -0.25) is 4.79 Å². The second-order valence-electron chi connectivity index (χ2n) is 4.10. The topological polar surface area (TPSA) is 59.4 Å². The molecule has 100 valence electrons. The van der Waals surface area contributed by atoms with Crippen LogP contribution in [0.1, 0.15) is 28.8 Å². The van der Waals surface area contributed by atoms with Crippen molar-refractivity contribution in [2.75, 3.05) is 7.11 Å². The van der Waals surface area contributed by atoms with Crippen LogP contribution >= 0.6 is 11.3 Å². The normalized spacial score (nSPS) is 12.3. The quantitative estimate of drug-likeness (QED) is 0.882. The van der Waals surface area contributed by atoms with E-state index in [4.69, 9.17) is 9.84 Å². The number of carboxylic acid groups (broad SMARTS) is 1. The summed E-state index contributed by atoms with van der Waals surface area (Å²) in [5.74, 6) is -0.805. The second-order valence-corrected chi connectivity index (χ2v) is 4.99. The van der Waals surface area contributed by atoms with E-state index >= 15 is 0 Å². The van der Waals surface area contributed by atoms with Gasteiger partial charge in [0.1, 0.15) is 11.1 Å². The lowest BCUT2D eigenvalue weighted by Crippen LogP contribution is -2.03. The molecule has 0 saturated heterocycles. The first kappa shape index (κ1) is 13.7. The van der Waals surface area contributed by atoms with Crippen molar-refractivity contribution < 1.29 is 14.6 Å². The molecule has 1 atom stereocenters. The van der Waals surface area contributed by atoms with Gasteiger partial charge in [0.2, 0.25) is 0 Å². The minimum absolute atomic E-state index is 0.103. The number of thiazole rings is 1. The third kappa shape index (κ3) is 3.62.